The zero-order chi connectivity index (χ0) is 15.4. The molecule has 0 N–H and O–H groups in total. The molecular weight excluding hydrogens is 312 g/mol. The van der Waals surface area contributed by atoms with Crippen LogP contribution in [-0.4, -0.2) is 23.9 Å². The van der Waals surface area contributed by atoms with Crippen LogP contribution in [0.1, 0.15) is 37.7 Å². The molecule has 1 aromatic rings. The predicted molar refractivity (Wildman–Crippen MR) is 83.0 cm³/mol. The summed E-state index contributed by atoms with van der Waals surface area (Å²) in [6.45, 7) is 3.02. The molecule has 1 aromatic carbocycles. The normalized spacial score (nSPS) is 18.1. The highest BCUT2D eigenvalue weighted by Gasteiger charge is 2.27. The molecule has 0 bridgehead atoms. The number of halogens is 3. The molecule has 0 saturated carbocycles. The zero-order valence-electron chi connectivity index (χ0n) is 11.8. The molecule has 1 amide bonds. The average Bonchev–Trinajstić information content (AvgIpc) is 2.50. The Labute approximate surface area is 134 Å². The molecule has 1 saturated heterocycles. The summed E-state index contributed by atoms with van der Waals surface area (Å²) in [4.78, 5) is 13.6. The number of piperidine rings is 1. The van der Waals surface area contributed by atoms with Crippen LogP contribution in [0.4, 0.5) is 4.39 Å². The van der Waals surface area contributed by atoms with E-state index in [9.17, 15) is 9.18 Å². The third-order valence-electron chi connectivity index (χ3n) is 3.59. The van der Waals surface area contributed by atoms with E-state index in [-0.39, 0.29) is 21.9 Å². The van der Waals surface area contributed by atoms with Gasteiger partial charge in [-0.3, -0.25) is 4.79 Å². The molecule has 1 heterocycles. The van der Waals surface area contributed by atoms with Crippen LogP contribution in [0.25, 0.3) is 0 Å². The standard InChI is InChI=1S/C16H16Cl2FNO/c1-2-3-6-14(21)20-9-4-5-11(10-20)12-7-8-13(17)15(18)16(12)19/h7-8,11H,2,4-5,9-10H2,1H3. The van der Waals surface area contributed by atoms with E-state index in [2.05, 4.69) is 11.8 Å². The van der Waals surface area contributed by atoms with Crippen molar-refractivity contribution >= 4 is 29.1 Å². The Hall–Kier alpha value is -1.24. The molecule has 5 heteroatoms. The smallest absolute Gasteiger partial charge is 0.298 e. The van der Waals surface area contributed by atoms with Crippen LogP contribution in [0.3, 0.4) is 0 Å². The Bertz CT molecular complexity index is 606. The van der Waals surface area contributed by atoms with Gasteiger partial charge in [-0.15, -0.1) is 0 Å². The van der Waals surface area contributed by atoms with Crippen LogP contribution in [0.2, 0.25) is 10.0 Å². The highest BCUT2D eigenvalue weighted by molar-refractivity contribution is 6.42. The first-order valence-corrected chi connectivity index (χ1v) is 7.71. The zero-order valence-corrected chi connectivity index (χ0v) is 13.3. The van der Waals surface area contributed by atoms with E-state index in [1.807, 2.05) is 6.92 Å². The van der Waals surface area contributed by atoms with Crippen LogP contribution in [0.15, 0.2) is 12.1 Å². The van der Waals surface area contributed by atoms with Crippen molar-refractivity contribution in [1.82, 2.24) is 4.90 Å². The van der Waals surface area contributed by atoms with E-state index < -0.39 is 5.82 Å². The number of benzene rings is 1. The number of hydrogen-bond donors (Lipinski definition) is 0. The second-order valence-corrected chi connectivity index (χ2v) is 5.80. The molecular formula is C16H16Cl2FNO. The van der Waals surface area contributed by atoms with Crippen LogP contribution < -0.4 is 0 Å². The summed E-state index contributed by atoms with van der Waals surface area (Å²) >= 11 is 11.7. The summed E-state index contributed by atoms with van der Waals surface area (Å²) < 4.78 is 14.2. The van der Waals surface area contributed by atoms with Crippen molar-refractivity contribution in [1.29, 1.82) is 0 Å². The van der Waals surface area contributed by atoms with Gasteiger partial charge in [0.15, 0.2) is 0 Å². The highest BCUT2D eigenvalue weighted by Crippen LogP contribution is 2.34. The maximum Gasteiger partial charge on any atom is 0.298 e. The lowest BCUT2D eigenvalue weighted by Gasteiger charge is -2.32. The molecule has 0 aliphatic carbocycles. The lowest BCUT2D eigenvalue weighted by molar-refractivity contribution is -0.126. The van der Waals surface area contributed by atoms with Crippen molar-refractivity contribution in [2.45, 2.75) is 32.1 Å². The van der Waals surface area contributed by atoms with Gasteiger partial charge in [0.25, 0.3) is 5.91 Å². The molecule has 1 fully saturated rings. The van der Waals surface area contributed by atoms with Crippen LogP contribution in [0.5, 0.6) is 0 Å². The average molecular weight is 328 g/mol. The van der Waals surface area contributed by atoms with Crippen molar-refractivity contribution in [2.75, 3.05) is 13.1 Å². The molecule has 0 spiro atoms. The second kappa shape index (κ2) is 7.15. The van der Waals surface area contributed by atoms with Gasteiger partial charge in [0.1, 0.15) is 5.82 Å². The summed E-state index contributed by atoms with van der Waals surface area (Å²) in [6, 6.07) is 3.25. The van der Waals surface area contributed by atoms with Crippen LogP contribution >= 0.6 is 23.2 Å². The minimum absolute atomic E-state index is 0.0524. The Morgan fingerprint density at radius 1 is 1.48 bits per heavy atom. The van der Waals surface area contributed by atoms with Gasteiger partial charge >= 0.3 is 0 Å². The summed E-state index contributed by atoms with van der Waals surface area (Å²) in [5, 5.41) is 0.152. The molecule has 112 valence electrons. The van der Waals surface area contributed by atoms with Gasteiger partial charge in [0.2, 0.25) is 0 Å². The molecule has 0 radical (unpaired) electrons. The molecule has 0 aromatic heterocycles. The lowest BCUT2D eigenvalue weighted by atomic mass is 9.90. The summed E-state index contributed by atoms with van der Waals surface area (Å²) in [5.41, 5.74) is 0.519. The summed E-state index contributed by atoms with van der Waals surface area (Å²) in [6.07, 6.45) is 2.29. The monoisotopic (exact) mass is 327 g/mol. The first-order valence-electron chi connectivity index (χ1n) is 6.95. The number of amides is 1. The maximum absolute atomic E-state index is 14.2. The van der Waals surface area contributed by atoms with Crippen molar-refractivity contribution in [2.24, 2.45) is 0 Å². The molecule has 1 atom stereocenters. The van der Waals surface area contributed by atoms with Gasteiger partial charge in [-0.1, -0.05) is 42.1 Å². The minimum Gasteiger partial charge on any atom is -0.331 e. The number of likely N-dealkylation sites (tertiary alicyclic amines) is 1. The number of hydrogen-bond acceptors (Lipinski definition) is 1. The highest BCUT2D eigenvalue weighted by atomic mass is 35.5. The van der Waals surface area contributed by atoms with Crippen molar-refractivity contribution in [3.8, 4) is 11.8 Å². The fourth-order valence-corrected chi connectivity index (χ4v) is 2.83. The van der Waals surface area contributed by atoms with E-state index in [0.717, 1.165) is 12.8 Å². The molecule has 21 heavy (non-hydrogen) atoms. The number of nitrogens with zero attached hydrogens (tertiary/aromatic N) is 1. The first kappa shape index (κ1) is 16.1. The molecule has 2 rings (SSSR count). The topological polar surface area (TPSA) is 20.3 Å². The second-order valence-electron chi connectivity index (χ2n) is 5.01. The maximum atomic E-state index is 14.2. The third kappa shape index (κ3) is 3.70. The Kier molecular flexibility index (Phi) is 5.50. The van der Waals surface area contributed by atoms with Gasteiger partial charge in [0.05, 0.1) is 10.0 Å². The number of carbonyl (C=O) groups excluding carboxylic acids is 1. The molecule has 2 nitrogen and oxygen atoms in total. The largest absolute Gasteiger partial charge is 0.331 e. The third-order valence-corrected chi connectivity index (χ3v) is 4.37. The number of rotatable bonds is 1. The summed E-state index contributed by atoms with van der Waals surface area (Å²) in [5.74, 6) is 4.63. The SMILES string of the molecule is CCC#CC(=O)N1CCCC(c2ccc(Cl)c(Cl)c2F)C1. The van der Waals surface area contributed by atoms with Gasteiger partial charge in [-0.25, -0.2) is 4.39 Å². The lowest BCUT2D eigenvalue weighted by Crippen LogP contribution is -2.38. The van der Waals surface area contributed by atoms with E-state index in [4.69, 9.17) is 23.2 Å². The van der Waals surface area contributed by atoms with E-state index in [1.165, 1.54) is 0 Å². The van der Waals surface area contributed by atoms with E-state index >= 15 is 0 Å². The van der Waals surface area contributed by atoms with Crippen LogP contribution in [0, 0.1) is 17.7 Å². The van der Waals surface area contributed by atoms with Gasteiger partial charge in [-0.2, -0.15) is 0 Å². The first-order chi connectivity index (χ1) is 10.0. The molecule has 1 aliphatic heterocycles. The Morgan fingerprint density at radius 2 is 2.24 bits per heavy atom. The van der Waals surface area contributed by atoms with Crippen molar-refractivity contribution < 1.29 is 9.18 Å². The minimum atomic E-state index is -0.483. The van der Waals surface area contributed by atoms with Gasteiger partial charge < -0.3 is 4.90 Å². The van der Waals surface area contributed by atoms with Crippen molar-refractivity contribution in [3.63, 3.8) is 0 Å². The fraction of sp³-hybridized carbons (Fsp3) is 0.438. The fourth-order valence-electron chi connectivity index (χ4n) is 2.51. The van der Waals surface area contributed by atoms with Crippen LogP contribution in [-0.2, 0) is 4.79 Å². The quantitative estimate of drug-likeness (QED) is 0.557. The predicted octanol–water partition coefficient (Wildman–Crippen LogP) is 4.25. The summed E-state index contributed by atoms with van der Waals surface area (Å²) in [7, 11) is 0. The molecule has 1 aliphatic rings. The van der Waals surface area contributed by atoms with Gasteiger partial charge in [0, 0.05) is 25.4 Å². The van der Waals surface area contributed by atoms with Gasteiger partial charge in [-0.05, 0) is 30.4 Å². The Balaban J connectivity index is 2.18. The number of carbonyl (C=O) groups is 1. The molecule has 1 unspecified atom stereocenters. The van der Waals surface area contributed by atoms with Crippen molar-refractivity contribution in [3.05, 3.63) is 33.6 Å². The van der Waals surface area contributed by atoms with E-state index in [1.54, 1.807) is 17.0 Å². The Morgan fingerprint density at radius 3 is 2.95 bits per heavy atom. The van der Waals surface area contributed by atoms with E-state index in [0.29, 0.717) is 25.1 Å².